The van der Waals surface area contributed by atoms with Crippen LogP contribution in [0.15, 0.2) is 60.8 Å². The summed E-state index contributed by atoms with van der Waals surface area (Å²) in [7, 11) is 0. The van der Waals surface area contributed by atoms with Crippen molar-refractivity contribution in [3.8, 4) is 5.88 Å². The molecule has 1 unspecified atom stereocenters. The quantitative estimate of drug-likeness (QED) is 0.427. The van der Waals surface area contributed by atoms with Crippen molar-refractivity contribution in [3.63, 3.8) is 0 Å². The zero-order valence-electron chi connectivity index (χ0n) is 18.5. The minimum absolute atomic E-state index is 0.216. The molecule has 3 aliphatic rings. The van der Waals surface area contributed by atoms with Gasteiger partial charge in [-0.05, 0) is 75.8 Å². The predicted octanol–water partition coefficient (Wildman–Crippen LogP) is 7.06. The van der Waals surface area contributed by atoms with E-state index in [1.165, 1.54) is 23.6 Å². The summed E-state index contributed by atoms with van der Waals surface area (Å²) in [6.45, 7) is 4.38. The summed E-state index contributed by atoms with van der Waals surface area (Å²) >= 11 is 0. The number of allylic oxidation sites excluding steroid dienone is 1. The van der Waals surface area contributed by atoms with Gasteiger partial charge in [-0.25, -0.2) is 4.98 Å². The highest BCUT2D eigenvalue weighted by atomic mass is 19.4. The molecule has 0 bridgehead atoms. The summed E-state index contributed by atoms with van der Waals surface area (Å²) in [5.74, 6) is 2.10. The van der Waals surface area contributed by atoms with Gasteiger partial charge >= 0.3 is 6.18 Å². The van der Waals surface area contributed by atoms with E-state index >= 15 is 0 Å². The lowest BCUT2D eigenvalue weighted by atomic mass is 9.86. The van der Waals surface area contributed by atoms with Gasteiger partial charge in [-0.3, -0.25) is 0 Å². The van der Waals surface area contributed by atoms with Gasteiger partial charge in [0.15, 0.2) is 0 Å². The summed E-state index contributed by atoms with van der Waals surface area (Å²) in [4.78, 5) is 4.48. The second kappa shape index (κ2) is 6.96. The highest BCUT2D eigenvalue weighted by Gasteiger charge is 2.45. The van der Waals surface area contributed by atoms with Gasteiger partial charge in [0.2, 0.25) is 5.88 Å². The largest absolute Gasteiger partial charge is 0.473 e. The molecule has 5 heteroatoms. The Balaban J connectivity index is 1.30. The van der Waals surface area contributed by atoms with Gasteiger partial charge in [0.1, 0.15) is 6.61 Å². The third-order valence-electron chi connectivity index (χ3n) is 7.29. The molecular weight excluding hydrogens is 423 g/mol. The van der Waals surface area contributed by atoms with E-state index in [1.54, 1.807) is 12.1 Å². The zero-order valence-corrected chi connectivity index (χ0v) is 18.5. The van der Waals surface area contributed by atoms with Crippen LogP contribution in [-0.4, -0.2) is 4.98 Å². The lowest BCUT2D eigenvalue weighted by Gasteiger charge is -2.18. The second-order valence-electron chi connectivity index (χ2n) is 10.0. The molecule has 2 aromatic carbocycles. The number of benzene rings is 2. The lowest BCUT2D eigenvalue weighted by Crippen LogP contribution is -2.10. The Hall–Kier alpha value is -3.08. The number of fused-ring (bicyclic) bond motifs is 4. The fourth-order valence-electron chi connectivity index (χ4n) is 5.54. The van der Waals surface area contributed by atoms with Crippen LogP contribution in [0.25, 0.3) is 5.57 Å². The van der Waals surface area contributed by atoms with E-state index in [0.717, 1.165) is 35.1 Å². The number of ether oxygens (including phenoxy) is 1. The molecule has 0 spiro atoms. The maximum Gasteiger partial charge on any atom is 0.417 e. The average molecular weight is 448 g/mol. The molecule has 3 aliphatic carbocycles. The molecule has 2 nitrogen and oxygen atoms in total. The molecular formula is C28H24F3NO. The van der Waals surface area contributed by atoms with Crippen molar-refractivity contribution in [1.29, 1.82) is 0 Å². The van der Waals surface area contributed by atoms with E-state index in [4.69, 9.17) is 4.74 Å². The molecule has 168 valence electrons. The Morgan fingerprint density at radius 1 is 1.06 bits per heavy atom. The first-order chi connectivity index (χ1) is 15.7. The van der Waals surface area contributed by atoms with Crippen molar-refractivity contribution >= 4 is 5.57 Å². The molecule has 0 aliphatic heterocycles. The Morgan fingerprint density at radius 3 is 2.70 bits per heavy atom. The maximum absolute atomic E-state index is 13.7. The first-order valence-corrected chi connectivity index (χ1v) is 11.4. The minimum atomic E-state index is -4.41. The summed E-state index contributed by atoms with van der Waals surface area (Å²) in [6.07, 6.45) is 1.88. The highest BCUT2D eigenvalue weighted by molar-refractivity contribution is 5.88. The van der Waals surface area contributed by atoms with E-state index < -0.39 is 11.7 Å². The van der Waals surface area contributed by atoms with E-state index in [-0.39, 0.29) is 11.0 Å². The van der Waals surface area contributed by atoms with Gasteiger partial charge in [0, 0.05) is 17.7 Å². The first kappa shape index (κ1) is 20.5. The standard InChI is InChI=1S/C28H24F3NO/c1-27(2)13-22(19-5-3-4-6-25(19)28(29,30)31)21-9-16(7-8-24(21)27)15-33-26-12-18-10-17-11-20(17)23(18)14-32-26/h3-9,12-14,17,20H,10-11,15H2,1-2H3/t17-,20?/m0/s1. The number of pyridine rings is 1. The number of hydrogen-bond acceptors (Lipinski definition) is 2. The van der Waals surface area contributed by atoms with Crippen LogP contribution >= 0.6 is 0 Å². The Kier molecular flexibility index (Phi) is 4.33. The monoisotopic (exact) mass is 447 g/mol. The number of rotatable bonds is 4. The summed E-state index contributed by atoms with van der Waals surface area (Å²) < 4.78 is 47.2. The van der Waals surface area contributed by atoms with Crippen LogP contribution in [0.4, 0.5) is 13.2 Å². The molecule has 6 rings (SSSR count). The van der Waals surface area contributed by atoms with E-state index in [9.17, 15) is 13.2 Å². The van der Waals surface area contributed by atoms with Gasteiger partial charge in [0.05, 0.1) is 5.56 Å². The molecule has 0 saturated heterocycles. The van der Waals surface area contributed by atoms with Crippen molar-refractivity contribution in [2.24, 2.45) is 5.92 Å². The summed E-state index contributed by atoms with van der Waals surface area (Å²) in [5, 5.41) is 0. The molecule has 1 fully saturated rings. The first-order valence-electron chi connectivity index (χ1n) is 11.4. The van der Waals surface area contributed by atoms with E-state index in [1.807, 2.05) is 50.4 Å². The van der Waals surface area contributed by atoms with Crippen LogP contribution in [0.1, 0.15) is 65.1 Å². The fraction of sp³-hybridized carbons (Fsp3) is 0.321. The Morgan fingerprint density at radius 2 is 1.88 bits per heavy atom. The van der Waals surface area contributed by atoms with Crippen LogP contribution in [0.3, 0.4) is 0 Å². The molecule has 0 N–H and O–H groups in total. The number of aromatic nitrogens is 1. The predicted molar refractivity (Wildman–Crippen MR) is 121 cm³/mol. The number of alkyl halides is 3. The van der Waals surface area contributed by atoms with E-state index in [0.29, 0.717) is 24.0 Å². The average Bonchev–Trinajstić information content (AvgIpc) is 3.37. The molecule has 1 heterocycles. The third kappa shape index (κ3) is 3.45. The van der Waals surface area contributed by atoms with Gasteiger partial charge in [-0.2, -0.15) is 13.2 Å². The van der Waals surface area contributed by atoms with Crippen molar-refractivity contribution in [2.75, 3.05) is 0 Å². The van der Waals surface area contributed by atoms with Crippen molar-refractivity contribution in [2.45, 2.75) is 50.8 Å². The molecule has 0 amide bonds. The van der Waals surface area contributed by atoms with Gasteiger partial charge in [0.25, 0.3) is 0 Å². The van der Waals surface area contributed by atoms with Gasteiger partial charge in [-0.15, -0.1) is 0 Å². The fourth-order valence-corrected chi connectivity index (χ4v) is 5.54. The van der Waals surface area contributed by atoms with Gasteiger partial charge < -0.3 is 4.74 Å². The molecule has 2 atom stereocenters. The van der Waals surface area contributed by atoms with E-state index in [2.05, 4.69) is 4.98 Å². The lowest BCUT2D eigenvalue weighted by molar-refractivity contribution is -0.137. The number of halogens is 3. The molecule has 3 aromatic rings. The topological polar surface area (TPSA) is 22.1 Å². The molecule has 1 aromatic heterocycles. The van der Waals surface area contributed by atoms with Gasteiger partial charge in [-0.1, -0.05) is 50.3 Å². The summed E-state index contributed by atoms with van der Waals surface area (Å²) in [6, 6.07) is 13.8. The van der Waals surface area contributed by atoms with Crippen LogP contribution in [-0.2, 0) is 24.6 Å². The molecule has 33 heavy (non-hydrogen) atoms. The van der Waals surface area contributed by atoms with Crippen LogP contribution in [0, 0.1) is 5.92 Å². The van der Waals surface area contributed by atoms with Crippen LogP contribution in [0.2, 0.25) is 0 Å². The Bertz CT molecular complexity index is 1300. The Labute approximate surface area is 191 Å². The zero-order chi connectivity index (χ0) is 23.0. The smallest absolute Gasteiger partial charge is 0.417 e. The maximum atomic E-state index is 13.7. The summed E-state index contributed by atoms with van der Waals surface area (Å²) in [5.41, 5.74) is 5.34. The number of nitrogens with zero attached hydrogens (tertiary/aromatic N) is 1. The number of hydrogen-bond donors (Lipinski definition) is 0. The minimum Gasteiger partial charge on any atom is -0.473 e. The normalized spacial score (nSPS) is 21.8. The molecule has 0 radical (unpaired) electrons. The van der Waals surface area contributed by atoms with Crippen molar-refractivity contribution in [1.82, 2.24) is 4.98 Å². The third-order valence-corrected chi connectivity index (χ3v) is 7.29. The molecule has 1 saturated carbocycles. The van der Waals surface area contributed by atoms with Crippen LogP contribution in [0.5, 0.6) is 5.88 Å². The van der Waals surface area contributed by atoms with Crippen molar-refractivity contribution in [3.05, 3.63) is 99.7 Å². The SMILES string of the molecule is CC1(C)C=C(c2ccccc2C(F)(F)F)c2cc(COc3cc4c(cn3)C3C[C@@H]3C4)ccc21. The highest BCUT2D eigenvalue weighted by Crippen LogP contribution is 2.56. The van der Waals surface area contributed by atoms with Crippen molar-refractivity contribution < 1.29 is 17.9 Å². The second-order valence-corrected chi connectivity index (χ2v) is 10.0. The van der Waals surface area contributed by atoms with Crippen LogP contribution < -0.4 is 4.74 Å².